The van der Waals surface area contributed by atoms with Crippen molar-refractivity contribution in [3.8, 4) is 0 Å². The zero-order valence-electron chi connectivity index (χ0n) is 12.6. The van der Waals surface area contributed by atoms with Crippen molar-refractivity contribution in [2.24, 2.45) is 7.05 Å². The molecule has 5 heteroatoms. The molecule has 1 aromatic heterocycles. The van der Waals surface area contributed by atoms with Crippen molar-refractivity contribution in [3.05, 3.63) is 16.4 Å². The van der Waals surface area contributed by atoms with Crippen molar-refractivity contribution in [1.29, 1.82) is 0 Å². The normalized spacial score (nSPS) is 28.8. The fraction of sp³-hybridized carbons (Fsp3) is 0.786. The third kappa shape index (κ3) is 2.96. The van der Waals surface area contributed by atoms with E-state index in [2.05, 4.69) is 36.1 Å². The Balaban J connectivity index is 2.17. The third-order valence-corrected chi connectivity index (χ3v) is 4.88. The molecule has 2 rings (SSSR count). The molecule has 19 heavy (non-hydrogen) atoms. The molecule has 2 unspecified atom stereocenters. The minimum Gasteiger partial charge on any atom is -0.309 e. The summed E-state index contributed by atoms with van der Waals surface area (Å²) in [6, 6.07) is 0.523. The first-order valence-electron chi connectivity index (χ1n) is 7.03. The summed E-state index contributed by atoms with van der Waals surface area (Å²) >= 11 is 6.34. The van der Waals surface area contributed by atoms with Crippen LogP contribution in [-0.4, -0.2) is 39.4 Å². The average molecular weight is 285 g/mol. The fourth-order valence-corrected chi connectivity index (χ4v) is 2.92. The number of nitrogens with one attached hydrogen (secondary N) is 1. The molecule has 1 saturated heterocycles. The molecule has 108 valence electrons. The van der Waals surface area contributed by atoms with Gasteiger partial charge in [0.25, 0.3) is 0 Å². The van der Waals surface area contributed by atoms with Gasteiger partial charge in [0.15, 0.2) is 0 Å². The number of hydrogen-bond donors (Lipinski definition) is 1. The standard InChI is InChI=1S/C14H25ClN4/c1-6-14(4)9-19(10(2)7-16-14)8-12-11(3)17-18(5)13(12)15/h10,16H,6-9H2,1-5H3. The first-order valence-corrected chi connectivity index (χ1v) is 7.41. The van der Waals surface area contributed by atoms with Crippen LogP contribution in [0, 0.1) is 6.92 Å². The first-order chi connectivity index (χ1) is 8.86. The molecule has 0 aromatic carbocycles. The van der Waals surface area contributed by atoms with E-state index >= 15 is 0 Å². The highest BCUT2D eigenvalue weighted by molar-refractivity contribution is 6.30. The number of aromatic nitrogens is 2. The molecular weight excluding hydrogens is 260 g/mol. The highest BCUT2D eigenvalue weighted by atomic mass is 35.5. The van der Waals surface area contributed by atoms with E-state index in [4.69, 9.17) is 11.6 Å². The molecule has 1 aliphatic rings. The molecule has 0 aliphatic carbocycles. The fourth-order valence-electron chi connectivity index (χ4n) is 2.69. The van der Waals surface area contributed by atoms with E-state index in [1.807, 2.05) is 14.0 Å². The Hall–Kier alpha value is -0.580. The van der Waals surface area contributed by atoms with E-state index < -0.39 is 0 Å². The lowest BCUT2D eigenvalue weighted by molar-refractivity contribution is 0.0864. The summed E-state index contributed by atoms with van der Waals surface area (Å²) in [5, 5.41) is 8.81. The first kappa shape index (κ1) is 14.8. The maximum Gasteiger partial charge on any atom is 0.131 e. The van der Waals surface area contributed by atoms with Crippen LogP contribution in [0.2, 0.25) is 5.15 Å². The lowest BCUT2D eigenvalue weighted by atomic mass is 9.93. The molecule has 0 bridgehead atoms. The van der Waals surface area contributed by atoms with Crippen LogP contribution in [-0.2, 0) is 13.6 Å². The van der Waals surface area contributed by atoms with Gasteiger partial charge in [-0.1, -0.05) is 18.5 Å². The van der Waals surface area contributed by atoms with E-state index in [1.54, 1.807) is 4.68 Å². The molecule has 1 aromatic rings. The molecule has 1 N–H and O–H groups in total. The van der Waals surface area contributed by atoms with Crippen molar-refractivity contribution < 1.29 is 0 Å². The van der Waals surface area contributed by atoms with Gasteiger partial charge >= 0.3 is 0 Å². The maximum absolute atomic E-state index is 6.34. The Morgan fingerprint density at radius 3 is 2.74 bits per heavy atom. The summed E-state index contributed by atoms with van der Waals surface area (Å²) < 4.78 is 1.76. The van der Waals surface area contributed by atoms with E-state index in [9.17, 15) is 0 Å². The summed E-state index contributed by atoms with van der Waals surface area (Å²) in [6.07, 6.45) is 1.13. The van der Waals surface area contributed by atoms with Crippen LogP contribution in [0.15, 0.2) is 0 Å². The Labute approximate surface area is 121 Å². The monoisotopic (exact) mass is 284 g/mol. The van der Waals surface area contributed by atoms with Gasteiger partial charge in [-0.05, 0) is 27.2 Å². The smallest absolute Gasteiger partial charge is 0.131 e. The molecule has 2 atom stereocenters. The number of aryl methyl sites for hydroxylation is 2. The van der Waals surface area contributed by atoms with Gasteiger partial charge in [-0.15, -0.1) is 0 Å². The second-order valence-corrected chi connectivity index (χ2v) is 6.39. The lowest BCUT2D eigenvalue weighted by Gasteiger charge is -2.45. The van der Waals surface area contributed by atoms with E-state index in [0.29, 0.717) is 6.04 Å². The van der Waals surface area contributed by atoms with Crippen LogP contribution in [0.3, 0.4) is 0 Å². The summed E-state index contributed by atoms with van der Waals surface area (Å²) in [5.74, 6) is 0. The molecule has 1 fully saturated rings. The van der Waals surface area contributed by atoms with Gasteiger partial charge in [-0.25, -0.2) is 0 Å². The van der Waals surface area contributed by atoms with Crippen molar-refractivity contribution in [2.75, 3.05) is 13.1 Å². The SMILES string of the molecule is CCC1(C)CN(Cc2c(C)nn(C)c2Cl)C(C)CN1. The molecule has 4 nitrogen and oxygen atoms in total. The van der Waals surface area contributed by atoms with Crippen LogP contribution >= 0.6 is 11.6 Å². The van der Waals surface area contributed by atoms with E-state index in [-0.39, 0.29) is 5.54 Å². The Bertz CT molecular complexity index is 457. The zero-order chi connectivity index (χ0) is 14.2. The third-order valence-electron chi connectivity index (χ3n) is 4.41. The van der Waals surface area contributed by atoms with Gasteiger partial charge in [0.05, 0.1) is 5.69 Å². The number of rotatable bonds is 3. The summed E-state index contributed by atoms with van der Waals surface area (Å²) in [6.45, 7) is 11.8. The Kier molecular flexibility index (Phi) is 4.23. The zero-order valence-corrected chi connectivity index (χ0v) is 13.4. The second kappa shape index (κ2) is 5.43. The van der Waals surface area contributed by atoms with Crippen LogP contribution in [0.25, 0.3) is 0 Å². The second-order valence-electron chi connectivity index (χ2n) is 6.03. The number of nitrogens with zero attached hydrogens (tertiary/aromatic N) is 3. The Morgan fingerprint density at radius 1 is 1.53 bits per heavy atom. The summed E-state index contributed by atoms with van der Waals surface area (Å²) in [4.78, 5) is 2.51. The summed E-state index contributed by atoms with van der Waals surface area (Å²) in [7, 11) is 1.90. The summed E-state index contributed by atoms with van der Waals surface area (Å²) in [5.41, 5.74) is 2.41. The minimum absolute atomic E-state index is 0.203. The molecule has 0 amide bonds. The van der Waals surface area contributed by atoms with Crippen LogP contribution in [0.1, 0.15) is 38.4 Å². The van der Waals surface area contributed by atoms with Gasteiger partial charge in [0.2, 0.25) is 0 Å². The topological polar surface area (TPSA) is 33.1 Å². The van der Waals surface area contributed by atoms with Gasteiger partial charge in [-0.2, -0.15) is 5.10 Å². The minimum atomic E-state index is 0.203. The largest absolute Gasteiger partial charge is 0.309 e. The van der Waals surface area contributed by atoms with Gasteiger partial charge in [0.1, 0.15) is 5.15 Å². The van der Waals surface area contributed by atoms with Crippen molar-refractivity contribution in [3.63, 3.8) is 0 Å². The highest BCUT2D eigenvalue weighted by Gasteiger charge is 2.33. The predicted molar refractivity (Wildman–Crippen MR) is 79.5 cm³/mol. The van der Waals surface area contributed by atoms with Crippen molar-refractivity contribution in [1.82, 2.24) is 20.0 Å². The van der Waals surface area contributed by atoms with E-state index in [0.717, 1.165) is 42.5 Å². The van der Waals surface area contributed by atoms with Crippen LogP contribution < -0.4 is 5.32 Å². The Morgan fingerprint density at radius 2 is 2.21 bits per heavy atom. The molecule has 0 spiro atoms. The highest BCUT2D eigenvalue weighted by Crippen LogP contribution is 2.25. The van der Waals surface area contributed by atoms with Gasteiger partial charge < -0.3 is 5.32 Å². The maximum atomic E-state index is 6.34. The number of piperazine rings is 1. The molecule has 0 radical (unpaired) electrons. The van der Waals surface area contributed by atoms with Crippen LogP contribution in [0.4, 0.5) is 0 Å². The van der Waals surface area contributed by atoms with Gasteiger partial charge in [-0.3, -0.25) is 9.58 Å². The van der Waals surface area contributed by atoms with Gasteiger partial charge in [0, 0.05) is 43.8 Å². The molecule has 2 heterocycles. The quantitative estimate of drug-likeness (QED) is 0.925. The van der Waals surface area contributed by atoms with E-state index in [1.165, 1.54) is 0 Å². The number of halogens is 1. The molecular formula is C14H25ClN4. The van der Waals surface area contributed by atoms with Crippen molar-refractivity contribution >= 4 is 11.6 Å². The van der Waals surface area contributed by atoms with Crippen LogP contribution in [0.5, 0.6) is 0 Å². The molecule has 1 aliphatic heterocycles. The predicted octanol–water partition coefficient (Wildman–Crippen LogP) is 2.34. The van der Waals surface area contributed by atoms with Crippen molar-refractivity contribution in [2.45, 2.75) is 52.2 Å². The lowest BCUT2D eigenvalue weighted by Crippen LogP contribution is -2.61. The average Bonchev–Trinajstić information content (AvgIpc) is 2.61. The number of hydrogen-bond acceptors (Lipinski definition) is 3. The molecule has 0 saturated carbocycles.